The van der Waals surface area contributed by atoms with Crippen LogP contribution in [0.3, 0.4) is 0 Å². The molecule has 4 nitrogen and oxygen atoms in total. The van der Waals surface area contributed by atoms with Crippen molar-refractivity contribution in [2.24, 2.45) is 5.92 Å². The number of rotatable bonds is 0. The fourth-order valence-electron chi connectivity index (χ4n) is 1.25. The molecule has 1 N–H and O–H groups in total. The Morgan fingerprint density at radius 3 is 3.17 bits per heavy atom. The molecule has 0 saturated carbocycles. The van der Waals surface area contributed by atoms with E-state index < -0.39 is 6.09 Å². The Bertz CT molecular complexity index is 303. The predicted molar refractivity (Wildman–Crippen MR) is 40.2 cm³/mol. The molecule has 1 fully saturated rings. The first-order valence-electron chi connectivity index (χ1n) is 3.63. The highest BCUT2D eigenvalue weighted by atomic mass is 16.6. The topological polar surface area (TPSA) is 55.4 Å². The maximum Gasteiger partial charge on any atom is 0.411 e. The smallest absolute Gasteiger partial charge is 0.411 e. The number of alkyl carbamates (subject to hydrolysis) is 1. The molecule has 12 heavy (non-hydrogen) atoms. The number of hydrogen-bond acceptors (Lipinski definition) is 3. The van der Waals surface area contributed by atoms with Gasteiger partial charge in [-0.3, -0.25) is 10.1 Å². The van der Waals surface area contributed by atoms with Gasteiger partial charge in [-0.25, -0.2) is 4.79 Å². The highest BCUT2D eigenvalue weighted by Crippen LogP contribution is 2.19. The average molecular weight is 165 g/mol. The minimum absolute atomic E-state index is 0.0208. The van der Waals surface area contributed by atoms with Crippen molar-refractivity contribution < 1.29 is 14.3 Å². The lowest BCUT2D eigenvalue weighted by Crippen LogP contribution is -2.40. The zero-order valence-corrected chi connectivity index (χ0v) is 6.24. The predicted octanol–water partition coefficient (Wildman–Crippen LogP) is 0.365. The van der Waals surface area contributed by atoms with Gasteiger partial charge in [0, 0.05) is 5.70 Å². The summed E-state index contributed by atoms with van der Waals surface area (Å²) in [7, 11) is 0. The standard InChI is InChI=1S/C8H7NO3/c10-7-3-1-2-6-5(7)4-12-8(11)9-6/h1-3,5H,4H2,(H,9,11). The van der Waals surface area contributed by atoms with Gasteiger partial charge >= 0.3 is 6.09 Å². The SMILES string of the molecule is O=C1NC2=CC=CC(=O)C2CO1. The minimum Gasteiger partial charge on any atom is -0.448 e. The summed E-state index contributed by atoms with van der Waals surface area (Å²) in [5.74, 6) is -0.333. The summed E-state index contributed by atoms with van der Waals surface area (Å²) >= 11 is 0. The van der Waals surface area contributed by atoms with E-state index in [2.05, 4.69) is 10.1 Å². The van der Waals surface area contributed by atoms with Crippen molar-refractivity contribution >= 4 is 11.9 Å². The minimum atomic E-state index is -0.486. The van der Waals surface area contributed by atoms with Crippen LogP contribution in [0.5, 0.6) is 0 Å². The van der Waals surface area contributed by atoms with Crippen LogP contribution in [-0.4, -0.2) is 18.5 Å². The summed E-state index contributed by atoms with van der Waals surface area (Å²) in [5, 5.41) is 2.48. The quantitative estimate of drug-likeness (QED) is 0.564. The maximum atomic E-state index is 11.2. The Kier molecular flexibility index (Phi) is 1.46. The number of carbonyl (C=O) groups excluding carboxylic acids is 2. The van der Waals surface area contributed by atoms with Crippen LogP contribution in [0.25, 0.3) is 0 Å². The molecule has 0 aromatic rings. The van der Waals surface area contributed by atoms with Crippen LogP contribution < -0.4 is 5.32 Å². The molecule has 1 atom stereocenters. The number of nitrogens with one attached hydrogen (secondary N) is 1. The Balaban J connectivity index is 2.27. The zero-order valence-electron chi connectivity index (χ0n) is 6.24. The fraction of sp³-hybridized carbons (Fsp3) is 0.250. The highest BCUT2D eigenvalue weighted by Gasteiger charge is 2.30. The molecule has 1 aliphatic heterocycles. The van der Waals surface area contributed by atoms with Crippen LogP contribution in [0.2, 0.25) is 0 Å². The normalized spacial score (nSPS) is 27.0. The van der Waals surface area contributed by atoms with E-state index in [0.29, 0.717) is 5.70 Å². The van der Waals surface area contributed by atoms with Gasteiger partial charge in [-0.15, -0.1) is 0 Å². The molecule has 1 amide bonds. The first kappa shape index (κ1) is 7.09. The Labute approximate surface area is 68.9 Å². The highest BCUT2D eigenvalue weighted by molar-refractivity contribution is 5.96. The van der Waals surface area contributed by atoms with Crippen LogP contribution >= 0.6 is 0 Å². The Hall–Kier alpha value is -1.58. The van der Waals surface area contributed by atoms with Gasteiger partial charge in [-0.1, -0.05) is 6.08 Å². The van der Waals surface area contributed by atoms with Crippen LogP contribution in [0.4, 0.5) is 4.79 Å². The maximum absolute atomic E-state index is 11.2. The molecule has 1 saturated heterocycles. The summed E-state index contributed by atoms with van der Waals surface area (Å²) in [6.45, 7) is 0.154. The Morgan fingerprint density at radius 2 is 2.33 bits per heavy atom. The van der Waals surface area contributed by atoms with E-state index in [0.717, 1.165) is 0 Å². The first-order valence-corrected chi connectivity index (χ1v) is 3.63. The molecule has 2 aliphatic rings. The van der Waals surface area contributed by atoms with Gasteiger partial charge in [0.2, 0.25) is 0 Å². The molecule has 4 heteroatoms. The first-order chi connectivity index (χ1) is 5.77. The van der Waals surface area contributed by atoms with Crippen molar-refractivity contribution in [3.8, 4) is 0 Å². The van der Waals surface area contributed by atoms with Crippen molar-refractivity contribution in [3.05, 3.63) is 23.9 Å². The molecule has 0 radical (unpaired) electrons. The van der Waals surface area contributed by atoms with Gasteiger partial charge in [0.1, 0.15) is 6.61 Å². The van der Waals surface area contributed by atoms with Crippen LogP contribution in [-0.2, 0) is 9.53 Å². The second-order valence-corrected chi connectivity index (χ2v) is 2.66. The van der Waals surface area contributed by atoms with Crippen molar-refractivity contribution in [2.45, 2.75) is 0 Å². The van der Waals surface area contributed by atoms with Crippen molar-refractivity contribution in [2.75, 3.05) is 6.61 Å². The number of hydrogen-bond donors (Lipinski definition) is 1. The number of ketones is 1. The number of allylic oxidation sites excluding steroid dienone is 3. The van der Waals surface area contributed by atoms with Gasteiger partial charge < -0.3 is 4.74 Å². The molecule has 1 unspecified atom stereocenters. The van der Waals surface area contributed by atoms with E-state index in [1.165, 1.54) is 6.08 Å². The molecule has 2 rings (SSSR count). The van der Waals surface area contributed by atoms with E-state index in [4.69, 9.17) is 0 Å². The third kappa shape index (κ3) is 1.01. The summed E-state index contributed by atoms with van der Waals surface area (Å²) in [4.78, 5) is 21.9. The number of fused-ring (bicyclic) bond motifs is 1. The van der Waals surface area contributed by atoms with Crippen molar-refractivity contribution in [1.29, 1.82) is 0 Å². The molecule has 1 aliphatic carbocycles. The van der Waals surface area contributed by atoms with Gasteiger partial charge in [-0.05, 0) is 12.2 Å². The third-order valence-corrected chi connectivity index (χ3v) is 1.88. The van der Waals surface area contributed by atoms with Gasteiger partial charge in [0.15, 0.2) is 5.78 Å². The van der Waals surface area contributed by atoms with E-state index in [9.17, 15) is 9.59 Å². The fourth-order valence-corrected chi connectivity index (χ4v) is 1.25. The van der Waals surface area contributed by atoms with E-state index in [-0.39, 0.29) is 18.3 Å². The Morgan fingerprint density at radius 1 is 1.50 bits per heavy atom. The molecular weight excluding hydrogens is 158 g/mol. The van der Waals surface area contributed by atoms with E-state index >= 15 is 0 Å². The monoisotopic (exact) mass is 165 g/mol. The van der Waals surface area contributed by atoms with Gasteiger partial charge in [0.05, 0.1) is 5.92 Å². The molecule has 62 valence electrons. The third-order valence-electron chi connectivity index (χ3n) is 1.88. The van der Waals surface area contributed by atoms with Crippen LogP contribution in [0.1, 0.15) is 0 Å². The van der Waals surface area contributed by atoms with E-state index in [1.807, 2.05) is 0 Å². The molecule has 0 bridgehead atoms. The lowest BCUT2D eigenvalue weighted by atomic mass is 9.95. The van der Waals surface area contributed by atoms with Crippen molar-refractivity contribution in [1.82, 2.24) is 5.32 Å². The number of cyclic esters (lactones) is 1. The van der Waals surface area contributed by atoms with Crippen LogP contribution in [0, 0.1) is 5.92 Å². The summed E-state index contributed by atoms with van der Waals surface area (Å²) in [6.07, 6.45) is 4.34. The summed E-state index contributed by atoms with van der Waals surface area (Å²) in [5.41, 5.74) is 0.638. The lowest BCUT2D eigenvalue weighted by Gasteiger charge is -2.25. The van der Waals surface area contributed by atoms with Gasteiger partial charge in [-0.2, -0.15) is 0 Å². The number of ether oxygens (including phenoxy) is 1. The molecule has 1 heterocycles. The molecule has 0 spiro atoms. The summed E-state index contributed by atoms with van der Waals surface area (Å²) in [6, 6.07) is 0. The number of carbonyl (C=O) groups is 2. The molecular formula is C8H7NO3. The summed E-state index contributed by atoms with van der Waals surface area (Å²) < 4.78 is 4.67. The number of amides is 1. The van der Waals surface area contributed by atoms with Gasteiger partial charge in [0.25, 0.3) is 0 Å². The second-order valence-electron chi connectivity index (χ2n) is 2.66. The average Bonchev–Trinajstić information content (AvgIpc) is 2.04. The molecule has 0 aromatic carbocycles. The zero-order chi connectivity index (χ0) is 8.55. The van der Waals surface area contributed by atoms with Crippen molar-refractivity contribution in [3.63, 3.8) is 0 Å². The van der Waals surface area contributed by atoms with E-state index in [1.54, 1.807) is 12.2 Å². The molecule has 0 aromatic heterocycles. The van der Waals surface area contributed by atoms with Crippen LogP contribution in [0.15, 0.2) is 23.9 Å². The largest absolute Gasteiger partial charge is 0.448 e. The lowest BCUT2D eigenvalue weighted by molar-refractivity contribution is -0.118. The second kappa shape index (κ2) is 2.48.